The van der Waals surface area contributed by atoms with Gasteiger partial charge in [0.25, 0.3) is 0 Å². The number of nitrogens with one attached hydrogen (secondary N) is 1. The smallest absolute Gasteiger partial charge is 0.169 e. The summed E-state index contributed by atoms with van der Waals surface area (Å²) in [7, 11) is 0. The van der Waals surface area contributed by atoms with E-state index in [0.717, 1.165) is 83.6 Å². The molecule has 0 amide bonds. The third-order valence-corrected chi connectivity index (χ3v) is 11.5. The average molecular weight is 772 g/mol. The van der Waals surface area contributed by atoms with Crippen molar-refractivity contribution in [3.05, 3.63) is 166 Å². The largest absolute Gasteiger partial charge is 0.504 e. The van der Waals surface area contributed by atoms with Gasteiger partial charge in [-0.15, -0.1) is 6.58 Å². The summed E-state index contributed by atoms with van der Waals surface area (Å²) in [5.74, 6) is -0.348. The van der Waals surface area contributed by atoms with Crippen molar-refractivity contribution in [1.29, 1.82) is 0 Å². The van der Waals surface area contributed by atoms with E-state index in [4.69, 9.17) is 24.4 Å². The van der Waals surface area contributed by atoms with Crippen LogP contribution in [0.15, 0.2) is 122 Å². The summed E-state index contributed by atoms with van der Waals surface area (Å²) in [6.45, 7) is 10.1. The second kappa shape index (κ2) is 17.4. The standard InChI is InChI=1S/C27H29NO2S.C19H20N2O2S/c1-19-11-13-20(14-12-19)7-6-10-26(31)28-16-15-21-17-24(29)25(30)18-23(21)27(28,2)22-8-4-3-5-9-22;1-2-9-20-19(24)21-10-8-14-11-16(22)17(23)12-15(14)18(21)13-6-4-3-5-7-13/h3-5,8-9,11-14,17-18,29-30H,6-7,10,15-16H2,1-2H3;2-7,11-12,18,22-23H,1,8-10H2,(H,20,24). The Labute approximate surface area is 335 Å². The van der Waals surface area contributed by atoms with Crippen LogP contribution in [0.1, 0.15) is 70.3 Å². The van der Waals surface area contributed by atoms with Gasteiger partial charge in [-0.1, -0.05) is 109 Å². The minimum absolute atomic E-state index is 0.0664. The minimum atomic E-state index is -0.499. The second-order valence-electron chi connectivity index (χ2n) is 14.3. The van der Waals surface area contributed by atoms with Crippen LogP contribution < -0.4 is 5.32 Å². The number of rotatable bonds is 8. The van der Waals surface area contributed by atoms with E-state index in [1.807, 2.05) is 48.5 Å². The molecular weight excluding hydrogens is 723 g/mol. The topological polar surface area (TPSA) is 99.4 Å². The van der Waals surface area contributed by atoms with Gasteiger partial charge in [0.2, 0.25) is 0 Å². The van der Waals surface area contributed by atoms with Crippen molar-refractivity contribution < 1.29 is 20.4 Å². The van der Waals surface area contributed by atoms with Crippen LogP contribution in [0.4, 0.5) is 0 Å². The fraction of sp³-hybridized carbons (Fsp3) is 0.261. The van der Waals surface area contributed by atoms with E-state index < -0.39 is 5.54 Å². The molecule has 5 aromatic carbocycles. The first-order valence-electron chi connectivity index (χ1n) is 18.7. The minimum Gasteiger partial charge on any atom is -0.504 e. The lowest BCUT2D eigenvalue weighted by Gasteiger charge is -2.48. The first kappa shape index (κ1) is 39.3. The summed E-state index contributed by atoms with van der Waals surface area (Å²) < 4.78 is 0. The van der Waals surface area contributed by atoms with Crippen LogP contribution in [-0.4, -0.2) is 60.0 Å². The first-order chi connectivity index (χ1) is 26.5. The molecule has 5 N–H and O–H groups in total. The van der Waals surface area contributed by atoms with Crippen molar-refractivity contribution >= 4 is 34.5 Å². The highest BCUT2D eigenvalue weighted by atomic mass is 32.1. The van der Waals surface area contributed by atoms with E-state index in [1.165, 1.54) is 11.1 Å². The van der Waals surface area contributed by atoms with Crippen molar-refractivity contribution in [2.75, 3.05) is 19.6 Å². The lowest BCUT2D eigenvalue weighted by atomic mass is 9.76. The molecule has 2 unspecified atom stereocenters. The summed E-state index contributed by atoms with van der Waals surface area (Å²) in [5, 5.41) is 43.9. The number of aromatic hydroxyl groups is 4. The Hall–Kier alpha value is -5.38. The highest BCUT2D eigenvalue weighted by molar-refractivity contribution is 7.80. The molecule has 9 heteroatoms. The van der Waals surface area contributed by atoms with E-state index >= 15 is 0 Å². The van der Waals surface area contributed by atoms with Crippen molar-refractivity contribution in [3.63, 3.8) is 0 Å². The van der Waals surface area contributed by atoms with E-state index in [9.17, 15) is 20.4 Å². The average Bonchev–Trinajstić information content (AvgIpc) is 3.19. The van der Waals surface area contributed by atoms with Gasteiger partial charge in [-0.2, -0.15) is 0 Å². The van der Waals surface area contributed by atoms with Gasteiger partial charge in [-0.25, -0.2) is 0 Å². The Bertz CT molecular complexity index is 2140. The maximum atomic E-state index is 10.3. The number of benzene rings is 5. The molecule has 0 fully saturated rings. The predicted molar refractivity (Wildman–Crippen MR) is 229 cm³/mol. The number of hydrogen-bond donors (Lipinski definition) is 5. The number of thiocarbonyl (C=S) groups is 2. The molecule has 0 bridgehead atoms. The summed E-state index contributed by atoms with van der Waals surface area (Å²) >= 11 is 11.5. The van der Waals surface area contributed by atoms with Crippen molar-refractivity contribution in [3.8, 4) is 23.0 Å². The van der Waals surface area contributed by atoms with Crippen molar-refractivity contribution in [1.82, 2.24) is 15.1 Å². The van der Waals surface area contributed by atoms with Gasteiger partial charge in [0.05, 0.1) is 16.6 Å². The molecule has 0 saturated heterocycles. The van der Waals surface area contributed by atoms with Gasteiger partial charge in [0.1, 0.15) is 0 Å². The molecule has 0 aliphatic carbocycles. The van der Waals surface area contributed by atoms with Gasteiger partial charge in [0.15, 0.2) is 28.1 Å². The molecule has 0 spiro atoms. The molecule has 284 valence electrons. The first-order valence-corrected chi connectivity index (χ1v) is 19.5. The van der Waals surface area contributed by atoms with Crippen molar-refractivity contribution in [2.24, 2.45) is 0 Å². The molecule has 0 aromatic heterocycles. The quantitative estimate of drug-likeness (QED) is 0.0602. The van der Waals surface area contributed by atoms with Crippen LogP contribution >= 0.6 is 24.4 Å². The van der Waals surface area contributed by atoms with Gasteiger partial charge in [0, 0.05) is 19.6 Å². The molecular formula is C46H49N3O4S2. The maximum Gasteiger partial charge on any atom is 0.169 e. The highest BCUT2D eigenvalue weighted by Gasteiger charge is 2.42. The zero-order valence-corrected chi connectivity index (χ0v) is 33.0. The van der Waals surface area contributed by atoms with Gasteiger partial charge in [-0.05, 0) is 121 Å². The molecule has 7 rings (SSSR count). The number of phenols is 4. The lowest BCUT2D eigenvalue weighted by Crippen LogP contribution is -2.51. The zero-order valence-electron chi connectivity index (χ0n) is 31.4. The van der Waals surface area contributed by atoms with E-state index in [0.29, 0.717) is 11.7 Å². The molecule has 7 nitrogen and oxygen atoms in total. The number of nitrogens with zero attached hydrogens (tertiary/aromatic N) is 2. The second-order valence-corrected chi connectivity index (χ2v) is 15.2. The van der Waals surface area contributed by atoms with Crippen LogP contribution in [0.25, 0.3) is 0 Å². The van der Waals surface area contributed by atoms with Crippen LogP contribution in [-0.2, 0) is 24.8 Å². The highest BCUT2D eigenvalue weighted by Crippen LogP contribution is 2.45. The van der Waals surface area contributed by atoms with E-state index in [1.54, 1.807) is 30.3 Å². The van der Waals surface area contributed by atoms with Gasteiger partial charge < -0.3 is 35.5 Å². The Morgan fingerprint density at radius 3 is 2.07 bits per heavy atom. The fourth-order valence-corrected chi connectivity index (χ4v) is 8.48. The molecule has 55 heavy (non-hydrogen) atoms. The van der Waals surface area contributed by atoms with Crippen molar-refractivity contribution in [2.45, 2.75) is 57.5 Å². The maximum absolute atomic E-state index is 10.3. The summed E-state index contributed by atoms with van der Waals surface area (Å²) in [6.07, 6.45) is 6.14. The Kier molecular flexibility index (Phi) is 12.4. The third-order valence-electron chi connectivity index (χ3n) is 10.7. The summed E-state index contributed by atoms with van der Waals surface area (Å²) in [6, 6.07) is 35.6. The Balaban J connectivity index is 0.000000193. The molecule has 0 saturated carbocycles. The monoisotopic (exact) mass is 771 g/mol. The van der Waals surface area contributed by atoms with Crippen LogP contribution in [0.3, 0.4) is 0 Å². The Morgan fingerprint density at radius 2 is 1.40 bits per heavy atom. The number of phenolic OH excluding ortho intramolecular Hbond substituents is 4. The van der Waals surface area contributed by atoms with Crippen LogP contribution in [0.5, 0.6) is 23.0 Å². The van der Waals surface area contributed by atoms with Gasteiger partial charge in [-0.3, -0.25) is 0 Å². The van der Waals surface area contributed by atoms with E-state index in [2.05, 4.69) is 71.9 Å². The number of fused-ring (bicyclic) bond motifs is 2. The normalized spacial score (nSPS) is 17.2. The van der Waals surface area contributed by atoms with Crippen LogP contribution in [0.2, 0.25) is 0 Å². The van der Waals surface area contributed by atoms with E-state index in [-0.39, 0.29) is 29.0 Å². The van der Waals surface area contributed by atoms with Gasteiger partial charge >= 0.3 is 0 Å². The molecule has 2 atom stereocenters. The zero-order chi connectivity index (χ0) is 39.1. The predicted octanol–water partition coefficient (Wildman–Crippen LogP) is 8.98. The Morgan fingerprint density at radius 1 is 0.800 bits per heavy atom. The molecule has 2 aliphatic rings. The molecule has 2 aliphatic heterocycles. The lowest BCUT2D eigenvalue weighted by molar-refractivity contribution is 0.224. The van der Waals surface area contributed by atoms with Crippen LogP contribution in [0, 0.1) is 6.92 Å². The summed E-state index contributed by atoms with van der Waals surface area (Å²) in [5.41, 5.74) is 8.38. The SMILES string of the molecule is C=CCNC(=S)N1CCc2cc(O)c(O)cc2C1c1ccccc1.Cc1ccc(CCCC(=S)N2CCc3cc(O)c(O)cc3C2(C)c2ccccc2)cc1. The third kappa shape index (κ3) is 8.64. The number of aryl methyl sites for hydroxylation is 2. The number of hydrogen-bond acceptors (Lipinski definition) is 6. The molecule has 2 heterocycles. The fourth-order valence-electron chi connectivity index (χ4n) is 7.78. The molecule has 0 radical (unpaired) electrons. The molecule has 5 aromatic rings. The summed E-state index contributed by atoms with van der Waals surface area (Å²) in [4.78, 5) is 5.37.